The highest BCUT2D eigenvalue weighted by Crippen LogP contribution is 2.22. The van der Waals surface area contributed by atoms with E-state index < -0.39 is 0 Å². The predicted molar refractivity (Wildman–Crippen MR) is 82.6 cm³/mol. The van der Waals surface area contributed by atoms with Gasteiger partial charge in [0.05, 0.1) is 5.69 Å². The molecule has 2 aromatic rings. The van der Waals surface area contributed by atoms with Crippen molar-refractivity contribution in [3.8, 4) is 0 Å². The summed E-state index contributed by atoms with van der Waals surface area (Å²) in [6.45, 7) is 6.87. The number of carbonyl (C=O) groups excluding carboxylic acids is 1. The minimum Gasteiger partial charge on any atom is -0.385 e. The zero-order valence-corrected chi connectivity index (χ0v) is 12.7. The van der Waals surface area contributed by atoms with Gasteiger partial charge in [0, 0.05) is 23.3 Å². The quantitative estimate of drug-likeness (QED) is 0.888. The standard InChI is InChI=1S/C14H18N4OS/c1-4-11-9(3)20-14(17-11)18-13(19)12-8-10(15-5-2)6-7-16-12/h6-8H,4-5H2,1-3H3,(H,15,16)(H,17,18,19). The van der Waals surface area contributed by atoms with Gasteiger partial charge >= 0.3 is 0 Å². The second-order valence-electron chi connectivity index (χ2n) is 4.29. The van der Waals surface area contributed by atoms with Gasteiger partial charge in [-0.3, -0.25) is 15.1 Å². The van der Waals surface area contributed by atoms with Crippen molar-refractivity contribution in [3.05, 3.63) is 34.6 Å². The van der Waals surface area contributed by atoms with Gasteiger partial charge in [-0.05, 0) is 32.4 Å². The van der Waals surface area contributed by atoms with E-state index in [2.05, 4.69) is 27.5 Å². The number of rotatable bonds is 5. The molecule has 2 rings (SSSR count). The van der Waals surface area contributed by atoms with E-state index in [1.165, 1.54) is 11.3 Å². The van der Waals surface area contributed by atoms with Crippen LogP contribution in [-0.4, -0.2) is 22.4 Å². The highest BCUT2D eigenvalue weighted by atomic mass is 32.1. The van der Waals surface area contributed by atoms with Gasteiger partial charge in [-0.2, -0.15) is 0 Å². The van der Waals surface area contributed by atoms with Crippen molar-refractivity contribution in [3.63, 3.8) is 0 Å². The average molecular weight is 290 g/mol. The maximum Gasteiger partial charge on any atom is 0.276 e. The van der Waals surface area contributed by atoms with E-state index in [0.29, 0.717) is 10.8 Å². The number of hydrogen-bond acceptors (Lipinski definition) is 5. The van der Waals surface area contributed by atoms with Gasteiger partial charge in [-0.15, -0.1) is 11.3 Å². The molecule has 0 radical (unpaired) electrons. The van der Waals surface area contributed by atoms with Gasteiger partial charge in [0.2, 0.25) is 0 Å². The molecule has 2 N–H and O–H groups in total. The number of nitrogens with zero attached hydrogens (tertiary/aromatic N) is 2. The maximum absolute atomic E-state index is 12.1. The van der Waals surface area contributed by atoms with Gasteiger partial charge in [-0.1, -0.05) is 6.92 Å². The van der Waals surface area contributed by atoms with Gasteiger partial charge in [0.25, 0.3) is 5.91 Å². The van der Waals surface area contributed by atoms with Crippen molar-refractivity contribution >= 4 is 28.1 Å². The number of pyridine rings is 1. The van der Waals surface area contributed by atoms with Gasteiger partial charge in [0.15, 0.2) is 5.13 Å². The Labute approximate surface area is 122 Å². The molecule has 0 unspecified atom stereocenters. The normalized spacial score (nSPS) is 10.3. The van der Waals surface area contributed by atoms with Crippen molar-refractivity contribution in [2.75, 3.05) is 17.2 Å². The summed E-state index contributed by atoms with van der Waals surface area (Å²) in [5.74, 6) is -0.235. The van der Waals surface area contributed by atoms with Crippen LogP contribution in [0, 0.1) is 6.92 Å². The Kier molecular flexibility index (Phi) is 4.68. The Morgan fingerprint density at radius 3 is 2.85 bits per heavy atom. The van der Waals surface area contributed by atoms with Crippen LogP contribution in [0.25, 0.3) is 0 Å². The number of anilines is 2. The first-order valence-corrected chi connectivity index (χ1v) is 7.43. The smallest absolute Gasteiger partial charge is 0.276 e. The average Bonchev–Trinajstić information content (AvgIpc) is 2.79. The molecule has 2 aromatic heterocycles. The minimum absolute atomic E-state index is 0.235. The lowest BCUT2D eigenvalue weighted by Crippen LogP contribution is -2.14. The van der Waals surface area contributed by atoms with Crippen LogP contribution in [0.15, 0.2) is 18.3 Å². The number of hydrogen-bond donors (Lipinski definition) is 2. The third-order valence-electron chi connectivity index (χ3n) is 2.82. The van der Waals surface area contributed by atoms with Crippen molar-refractivity contribution in [1.29, 1.82) is 0 Å². The fourth-order valence-corrected chi connectivity index (χ4v) is 2.74. The van der Waals surface area contributed by atoms with Crippen molar-refractivity contribution in [2.24, 2.45) is 0 Å². The molecule has 0 saturated heterocycles. The third kappa shape index (κ3) is 3.33. The Morgan fingerprint density at radius 1 is 1.40 bits per heavy atom. The summed E-state index contributed by atoms with van der Waals surface area (Å²) in [7, 11) is 0. The second-order valence-corrected chi connectivity index (χ2v) is 5.49. The van der Waals surface area contributed by atoms with Crippen LogP contribution in [0.5, 0.6) is 0 Å². The van der Waals surface area contributed by atoms with Crippen LogP contribution in [0.2, 0.25) is 0 Å². The molecule has 5 nitrogen and oxygen atoms in total. The molecule has 0 aromatic carbocycles. The molecule has 0 bridgehead atoms. The molecule has 2 heterocycles. The van der Waals surface area contributed by atoms with E-state index in [1.54, 1.807) is 12.3 Å². The molecule has 6 heteroatoms. The molecule has 0 aliphatic rings. The molecule has 1 amide bonds. The van der Waals surface area contributed by atoms with Crippen LogP contribution in [-0.2, 0) is 6.42 Å². The highest BCUT2D eigenvalue weighted by molar-refractivity contribution is 7.15. The summed E-state index contributed by atoms with van der Waals surface area (Å²) < 4.78 is 0. The van der Waals surface area contributed by atoms with E-state index >= 15 is 0 Å². The minimum atomic E-state index is -0.235. The summed E-state index contributed by atoms with van der Waals surface area (Å²) in [4.78, 5) is 21.8. The molecular weight excluding hydrogens is 272 g/mol. The zero-order chi connectivity index (χ0) is 14.5. The van der Waals surface area contributed by atoms with E-state index in [-0.39, 0.29) is 5.91 Å². The fraction of sp³-hybridized carbons (Fsp3) is 0.357. The summed E-state index contributed by atoms with van der Waals surface area (Å²) in [6.07, 6.45) is 2.49. The van der Waals surface area contributed by atoms with Crippen molar-refractivity contribution < 1.29 is 4.79 Å². The molecule has 0 aliphatic carbocycles. The second kappa shape index (κ2) is 6.47. The number of thiazole rings is 1. The highest BCUT2D eigenvalue weighted by Gasteiger charge is 2.12. The lowest BCUT2D eigenvalue weighted by molar-refractivity contribution is 0.102. The number of amides is 1. The Balaban J connectivity index is 2.12. The van der Waals surface area contributed by atoms with Gasteiger partial charge < -0.3 is 5.32 Å². The fourth-order valence-electron chi connectivity index (χ4n) is 1.84. The van der Waals surface area contributed by atoms with Crippen LogP contribution in [0.4, 0.5) is 10.8 Å². The topological polar surface area (TPSA) is 66.9 Å². The maximum atomic E-state index is 12.1. The first-order valence-electron chi connectivity index (χ1n) is 6.61. The van der Waals surface area contributed by atoms with Crippen LogP contribution in [0.1, 0.15) is 34.9 Å². The molecule has 0 spiro atoms. The predicted octanol–water partition coefficient (Wildman–Crippen LogP) is 3.09. The third-order valence-corrected chi connectivity index (χ3v) is 3.75. The summed E-state index contributed by atoms with van der Waals surface area (Å²) in [5.41, 5.74) is 2.30. The molecule has 0 fully saturated rings. The van der Waals surface area contributed by atoms with E-state index in [0.717, 1.165) is 29.2 Å². The number of aryl methyl sites for hydroxylation is 2. The van der Waals surface area contributed by atoms with Crippen molar-refractivity contribution in [2.45, 2.75) is 27.2 Å². The monoisotopic (exact) mass is 290 g/mol. The largest absolute Gasteiger partial charge is 0.385 e. The zero-order valence-electron chi connectivity index (χ0n) is 11.9. The lowest BCUT2D eigenvalue weighted by atomic mass is 10.3. The number of nitrogens with one attached hydrogen (secondary N) is 2. The van der Waals surface area contributed by atoms with E-state index in [9.17, 15) is 4.79 Å². The molecule has 20 heavy (non-hydrogen) atoms. The summed E-state index contributed by atoms with van der Waals surface area (Å²) in [6, 6.07) is 3.57. The summed E-state index contributed by atoms with van der Waals surface area (Å²) in [5, 5.41) is 6.58. The first-order chi connectivity index (χ1) is 9.63. The SMILES string of the molecule is CCNc1ccnc(C(=O)Nc2nc(CC)c(C)s2)c1. The molecule has 0 saturated carbocycles. The summed E-state index contributed by atoms with van der Waals surface area (Å²) >= 11 is 1.49. The molecule has 0 atom stereocenters. The van der Waals surface area contributed by atoms with Crippen LogP contribution >= 0.6 is 11.3 Å². The Morgan fingerprint density at radius 2 is 2.20 bits per heavy atom. The lowest BCUT2D eigenvalue weighted by Gasteiger charge is -2.05. The Hall–Kier alpha value is -1.95. The number of aromatic nitrogens is 2. The molecular formula is C14H18N4OS. The van der Waals surface area contributed by atoms with Crippen LogP contribution in [0.3, 0.4) is 0 Å². The van der Waals surface area contributed by atoms with Crippen LogP contribution < -0.4 is 10.6 Å². The van der Waals surface area contributed by atoms with Gasteiger partial charge in [-0.25, -0.2) is 4.98 Å². The molecule has 106 valence electrons. The molecule has 0 aliphatic heterocycles. The van der Waals surface area contributed by atoms with E-state index in [1.807, 2.05) is 19.9 Å². The first kappa shape index (κ1) is 14.5. The Bertz CT molecular complexity index is 609. The van der Waals surface area contributed by atoms with Crippen molar-refractivity contribution in [1.82, 2.24) is 9.97 Å². The number of carbonyl (C=O) groups is 1. The van der Waals surface area contributed by atoms with E-state index in [4.69, 9.17) is 0 Å². The van der Waals surface area contributed by atoms with Gasteiger partial charge in [0.1, 0.15) is 5.69 Å².